The number of azo groups is 2. The fourth-order valence-electron chi connectivity index (χ4n) is 4.33. The molecule has 4 aromatic rings. The summed E-state index contributed by atoms with van der Waals surface area (Å²) in [6.07, 6.45) is 5.04. The first-order valence-corrected chi connectivity index (χ1v) is 15.1. The summed E-state index contributed by atoms with van der Waals surface area (Å²) >= 11 is 3.16. The smallest absolute Gasteiger partial charge is 0.372 e. The molecule has 220 valence electrons. The van der Waals surface area contributed by atoms with Crippen molar-refractivity contribution >= 4 is 55.7 Å². The van der Waals surface area contributed by atoms with Gasteiger partial charge < -0.3 is 24.7 Å². The van der Waals surface area contributed by atoms with Crippen molar-refractivity contribution in [3.05, 3.63) is 85.5 Å². The summed E-state index contributed by atoms with van der Waals surface area (Å²) in [5.41, 5.74) is 6.52. The lowest BCUT2D eigenvalue weighted by atomic mass is 10.1. The van der Waals surface area contributed by atoms with Crippen LogP contribution in [0, 0.1) is 28.7 Å². The number of thiazole rings is 2. The van der Waals surface area contributed by atoms with Gasteiger partial charge in [-0.3, -0.25) is 0 Å². The molecule has 2 aromatic carbocycles. The van der Waals surface area contributed by atoms with Crippen LogP contribution < -0.4 is 18.9 Å². The minimum atomic E-state index is 0. The second kappa shape index (κ2) is 16.1. The molecule has 0 aliphatic heterocycles. The predicted octanol–water partition coefficient (Wildman–Crippen LogP) is 8.55. The van der Waals surface area contributed by atoms with Crippen LogP contribution in [0.4, 0.5) is 33.0 Å². The Hall–Kier alpha value is -3.50. The number of aromatic nitrogens is 2. The minimum Gasteiger partial charge on any atom is -0.372 e. The highest BCUT2D eigenvalue weighted by molar-refractivity contribution is 7.13. The normalized spacial score (nSPS) is 11.1. The number of aryl methyl sites for hydroxylation is 4. The van der Waals surface area contributed by atoms with Gasteiger partial charge >= 0.3 is 10.3 Å². The second-order valence-corrected chi connectivity index (χ2v) is 11.2. The molecule has 8 nitrogen and oxygen atoms in total. The van der Waals surface area contributed by atoms with Crippen molar-refractivity contribution in [2.45, 2.75) is 34.1 Å². The van der Waals surface area contributed by atoms with Crippen LogP contribution in [0.5, 0.6) is 0 Å². The molecular formula is C31H44N8S2. The summed E-state index contributed by atoms with van der Waals surface area (Å²) < 4.78 is 3.95. The molecule has 0 bridgehead atoms. The third-order valence-corrected chi connectivity index (χ3v) is 8.39. The van der Waals surface area contributed by atoms with Gasteiger partial charge in [-0.2, -0.15) is 0 Å². The lowest BCUT2D eigenvalue weighted by Crippen LogP contribution is -2.30. The maximum atomic E-state index is 4.48. The van der Waals surface area contributed by atoms with Crippen molar-refractivity contribution in [3.63, 3.8) is 0 Å². The van der Waals surface area contributed by atoms with Crippen LogP contribution in [0.1, 0.15) is 31.4 Å². The molecule has 0 aliphatic carbocycles. The monoisotopic (exact) mass is 592 g/mol. The van der Waals surface area contributed by atoms with Crippen LogP contribution in [0.2, 0.25) is 0 Å². The van der Waals surface area contributed by atoms with Crippen molar-refractivity contribution in [1.29, 1.82) is 0 Å². The van der Waals surface area contributed by atoms with E-state index in [4.69, 9.17) is 0 Å². The number of benzene rings is 2. The van der Waals surface area contributed by atoms with Gasteiger partial charge in [0.2, 0.25) is 0 Å². The minimum absolute atomic E-state index is 0. The van der Waals surface area contributed by atoms with E-state index in [9.17, 15) is 0 Å². The van der Waals surface area contributed by atoms with Gasteiger partial charge in [-0.1, -0.05) is 0 Å². The van der Waals surface area contributed by atoms with Gasteiger partial charge in [0.1, 0.15) is 23.8 Å². The van der Waals surface area contributed by atoms with E-state index in [-0.39, 0.29) is 14.9 Å². The van der Waals surface area contributed by atoms with Crippen molar-refractivity contribution in [1.82, 2.24) is 0 Å². The highest BCUT2D eigenvalue weighted by Crippen LogP contribution is 2.29. The zero-order valence-corrected chi connectivity index (χ0v) is 27.3. The van der Waals surface area contributed by atoms with Crippen LogP contribution >= 0.6 is 22.7 Å². The van der Waals surface area contributed by atoms with Crippen LogP contribution in [0.15, 0.2) is 80.0 Å². The van der Waals surface area contributed by atoms with Gasteiger partial charge in [0.15, 0.2) is 0 Å². The Kier molecular flexibility index (Phi) is 13.2. The molecule has 0 amide bonds. The lowest BCUT2D eigenvalue weighted by molar-refractivity contribution is -0.654. The van der Waals surface area contributed by atoms with E-state index in [0.717, 1.165) is 65.4 Å². The fourth-order valence-corrected chi connectivity index (χ4v) is 5.69. The Morgan fingerprint density at radius 2 is 1.07 bits per heavy atom. The topological polar surface area (TPSA) is 63.7 Å². The number of anilines is 2. The fraction of sp³-hybridized carbons (Fsp3) is 0.355. The van der Waals surface area contributed by atoms with Gasteiger partial charge in [-0.05, 0) is 115 Å². The standard InChI is InChI=1S/C29H38N8S2.2CH3/c1-7-36(24-10-12-26(22(3)20-24)30-32-28-34(5)16-18-38-28)14-9-15-37(8-2)25-11-13-27(23(4)21-25)31-33-29-35(6)17-19-39-29;;/h10-13,16-21H,7-9,14-15H2,1-6H3;2*1H3/q+2;2*-1. The van der Waals surface area contributed by atoms with E-state index in [0.29, 0.717) is 0 Å². The molecular weight excluding hydrogens is 549 g/mol. The molecule has 0 saturated carbocycles. The predicted molar refractivity (Wildman–Crippen MR) is 175 cm³/mol. The van der Waals surface area contributed by atoms with E-state index in [1.165, 1.54) is 11.4 Å². The van der Waals surface area contributed by atoms with Crippen LogP contribution in [-0.4, -0.2) is 26.2 Å². The van der Waals surface area contributed by atoms with Gasteiger partial charge in [-0.15, -0.1) is 0 Å². The molecule has 0 fully saturated rings. The highest BCUT2D eigenvalue weighted by atomic mass is 32.1. The maximum Gasteiger partial charge on any atom is 0.408 e. The summed E-state index contributed by atoms with van der Waals surface area (Å²) in [4.78, 5) is 4.86. The molecule has 2 aromatic heterocycles. The molecule has 0 N–H and O–H groups in total. The number of hydrogen-bond acceptors (Lipinski definition) is 8. The lowest BCUT2D eigenvalue weighted by Gasteiger charge is -2.27. The van der Waals surface area contributed by atoms with E-state index in [1.807, 2.05) is 46.4 Å². The second-order valence-electron chi connectivity index (χ2n) is 9.45. The zero-order chi connectivity index (χ0) is 27.8. The van der Waals surface area contributed by atoms with Crippen LogP contribution in [0.25, 0.3) is 0 Å². The maximum absolute atomic E-state index is 4.48. The van der Waals surface area contributed by atoms with Crippen molar-refractivity contribution in [2.24, 2.45) is 34.6 Å². The third kappa shape index (κ3) is 8.74. The van der Waals surface area contributed by atoms with Crippen molar-refractivity contribution < 1.29 is 9.13 Å². The van der Waals surface area contributed by atoms with Gasteiger partial charge in [-0.25, -0.2) is 9.13 Å². The molecule has 0 unspecified atom stereocenters. The van der Waals surface area contributed by atoms with Gasteiger partial charge in [0, 0.05) is 48.3 Å². The van der Waals surface area contributed by atoms with E-state index in [1.54, 1.807) is 22.7 Å². The summed E-state index contributed by atoms with van der Waals surface area (Å²) in [5, 5.41) is 23.6. The van der Waals surface area contributed by atoms with E-state index >= 15 is 0 Å². The van der Waals surface area contributed by atoms with Gasteiger partial charge in [0.05, 0.1) is 24.3 Å². The molecule has 0 aliphatic rings. The van der Waals surface area contributed by atoms with Crippen LogP contribution in [-0.2, 0) is 14.1 Å². The molecule has 10 heteroatoms. The molecule has 4 rings (SSSR count). The molecule has 2 heterocycles. The Balaban J connectivity index is 0.00000294. The Labute approximate surface area is 254 Å². The first-order chi connectivity index (χ1) is 18.9. The third-order valence-electron chi connectivity index (χ3n) is 6.72. The largest absolute Gasteiger partial charge is 0.408 e. The molecule has 41 heavy (non-hydrogen) atoms. The number of rotatable bonds is 12. The summed E-state index contributed by atoms with van der Waals surface area (Å²) in [5.74, 6) is 0. The Morgan fingerprint density at radius 3 is 1.39 bits per heavy atom. The quantitative estimate of drug-likeness (QED) is 0.0940. The summed E-state index contributed by atoms with van der Waals surface area (Å²) in [6.45, 7) is 12.5. The van der Waals surface area contributed by atoms with Crippen molar-refractivity contribution in [2.75, 3.05) is 36.0 Å². The Bertz CT molecular complexity index is 1330. The zero-order valence-electron chi connectivity index (χ0n) is 25.7. The average molecular weight is 593 g/mol. The summed E-state index contributed by atoms with van der Waals surface area (Å²) in [7, 11) is 3.96. The first-order valence-electron chi connectivity index (χ1n) is 13.3. The Morgan fingerprint density at radius 1 is 0.659 bits per heavy atom. The van der Waals surface area contributed by atoms with Crippen molar-refractivity contribution in [3.8, 4) is 0 Å². The molecule has 0 spiro atoms. The molecule has 0 saturated heterocycles. The number of hydrogen-bond donors (Lipinski definition) is 0. The number of nitrogens with zero attached hydrogens (tertiary/aromatic N) is 8. The first kappa shape index (κ1) is 33.7. The van der Waals surface area contributed by atoms with E-state index < -0.39 is 0 Å². The summed E-state index contributed by atoms with van der Waals surface area (Å²) in [6, 6.07) is 12.9. The average Bonchev–Trinajstić information content (AvgIpc) is 3.54. The SMILES string of the molecule is CCN(CCCN(CC)c1ccc(N=Nc2scc[n+]2C)c(C)c1)c1ccc(N=Nc2scc[n+]2C)c(C)c1.[CH3-].[CH3-]. The van der Waals surface area contributed by atoms with Gasteiger partial charge in [0.25, 0.3) is 0 Å². The highest BCUT2D eigenvalue weighted by Gasteiger charge is 2.13. The molecule has 0 atom stereocenters. The van der Waals surface area contributed by atoms with Crippen LogP contribution in [0.3, 0.4) is 0 Å². The molecule has 0 radical (unpaired) electrons. The van der Waals surface area contributed by atoms with E-state index in [2.05, 4.69) is 94.3 Å².